The molecule has 1 N–H and O–H groups in total. The van der Waals surface area contributed by atoms with Crippen molar-refractivity contribution in [3.8, 4) is 0 Å². The second kappa shape index (κ2) is 8.19. The van der Waals surface area contributed by atoms with Crippen molar-refractivity contribution in [2.75, 3.05) is 19.7 Å². The van der Waals surface area contributed by atoms with Crippen LogP contribution in [0.5, 0.6) is 0 Å². The number of nitrogens with zero attached hydrogens (tertiary/aromatic N) is 1. The molecule has 1 aromatic carbocycles. The lowest BCUT2D eigenvalue weighted by Crippen LogP contribution is -2.39. The lowest BCUT2D eigenvalue weighted by molar-refractivity contribution is -0.167. The van der Waals surface area contributed by atoms with Crippen LogP contribution >= 0.6 is 0 Å². The smallest absolute Gasteiger partial charge is 0.410 e. The van der Waals surface area contributed by atoms with Crippen molar-refractivity contribution >= 4 is 12.1 Å². The van der Waals surface area contributed by atoms with Gasteiger partial charge in [0.05, 0.1) is 6.61 Å². The molecule has 1 aliphatic heterocycles. The van der Waals surface area contributed by atoms with Crippen molar-refractivity contribution in [2.45, 2.75) is 45.3 Å². The predicted octanol–water partition coefficient (Wildman–Crippen LogP) is 3.50. The van der Waals surface area contributed by atoms with Gasteiger partial charge in [0.2, 0.25) is 0 Å². The Balaban J connectivity index is 1.53. The summed E-state index contributed by atoms with van der Waals surface area (Å²) in [5.74, 6) is 0.265. The molecular weight excluding hydrogens is 370 g/mol. The zero-order valence-corrected chi connectivity index (χ0v) is 17.6. The van der Waals surface area contributed by atoms with Crippen LogP contribution in [0.2, 0.25) is 0 Å². The van der Waals surface area contributed by atoms with E-state index in [0.29, 0.717) is 30.5 Å². The summed E-state index contributed by atoms with van der Waals surface area (Å²) in [5.41, 5.74) is -1.68. The van der Waals surface area contributed by atoms with Gasteiger partial charge in [-0.1, -0.05) is 42.5 Å². The van der Waals surface area contributed by atoms with E-state index in [1.54, 1.807) is 41.3 Å². The summed E-state index contributed by atoms with van der Waals surface area (Å²) >= 11 is 0. The van der Waals surface area contributed by atoms with E-state index in [2.05, 4.69) is 0 Å². The summed E-state index contributed by atoms with van der Waals surface area (Å²) in [6.45, 7) is 8.93. The van der Waals surface area contributed by atoms with Crippen LogP contribution in [0.15, 0.2) is 42.5 Å². The van der Waals surface area contributed by atoms with Gasteiger partial charge in [-0.3, -0.25) is 0 Å². The lowest BCUT2D eigenvalue weighted by atomic mass is 9.90. The zero-order valence-electron chi connectivity index (χ0n) is 17.6. The number of amides is 1. The van der Waals surface area contributed by atoms with E-state index in [1.165, 1.54) is 0 Å². The SMILES string of the molecule is CC=CCC(O)(C(=O)OCC1C2CN(C(=O)OC(C)(C)C)CC12)c1ccccc1. The number of ether oxygens (including phenoxy) is 2. The summed E-state index contributed by atoms with van der Waals surface area (Å²) in [7, 11) is 0. The quantitative estimate of drug-likeness (QED) is 0.583. The Hall–Kier alpha value is -2.34. The van der Waals surface area contributed by atoms with Crippen LogP contribution in [0.1, 0.15) is 39.7 Å². The normalized spacial score (nSPS) is 25.4. The highest BCUT2D eigenvalue weighted by molar-refractivity contribution is 5.81. The fourth-order valence-electron chi connectivity index (χ4n) is 3.98. The van der Waals surface area contributed by atoms with Gasteiger partial charge in [0.15, 0.2) is 5.60 Å². The van der Waals surface area contributed by atoms with E-state index >= 15 is 0 Å². The average molecular weight is 402 g/mol. The molecule has 0 bridgehead atoms. The summed E-state index contributed by atoms with van der Waals surface area (Å²) in [4.78, 5) is 26.7. The molecule has 1 heterocycles. The molecule has 1 aromatic rings. The van der Waals surface area contributed by atoms with E-state index in [4.69, 9.17) is 9.47 Å². The van der Waals surface area contributed by atoms with Gasteiger partial charge in [-0.05, 0) is 45.1 Å². The molecule has 3 rings (SSSR count). The van der Waals surface area contributed by atoms with Gasteiger partial charge in [0.1, 0.15) is 5.60 Å². The van der Waals surface area contributed by atoms with E-state index < -0.39 is 17.2 Å². The fourth-order valence-corrected chi connectivity index (χ4v) is 3.98. The largest absolute Gasteiger partial charge is 0.463 e. The van der Waals surface area contributed by atoms with Crippen LogP contribution in [0.25, 0.3) is 0 Å². The van der Waals surface area contributed by atoms with Gasteiger partial charge < -0.3 is 19.5 Å². The lowest BCUT2D eigenvalue weighted by Gasteiger charge is -2.27. The zero-order chi connectivity index (χ0) is 21.2. The summed E-state index contributed by atoms with van der Waals surface area (Å²) in [6.07, 6.45) is 3.44. The maximum Gasteiger partial charge on any atom is 0.410 e. The molecule has 1 saturated heterocycles. The Morgan fingerprint density at radius 3 is 2.34 bits per heavy atom. The van der Waals surface area contributed by atoms with Crippen molar-refractivity contribution in [1.29, 1.82) is 0 Å². The van der Waals surface area contributed by atoms with Crippen molar-refractivity contribution in [1.82, 2.24) is 4.90 Å². The number of benzene rings is 1. The minimum atomic E-state index is -1.69. The molecular formula is C23H31NO5. The van der Waals surface area contributed by atoms with Gasteiger partial charge in [0, 0.05) is 25.4 Å². The molecule has 158 valence electrons. The number of carbonyl (C=O) groups is 2. The van der Waals surface area contributed by atoms with Gasteiger partial charge >= 0.3 is 12.1 Å². The number of piperidine rings is 1. The second-order valence-electron chi connectivity index (χ2n) is 8.97. The van der Waals surface area contributed by atoms with Gasteiger partial charge in [-0.15, -0.1) is 0 Å². The molecule has 6 nitrogen and oxygen atoms in total. The molecule has 0 spiro atoms. The molecule has 0 aromatic heterocycles. The standard InChI is InChI=1S/C23H31NO5/c1-5-6-12-23(27,16-10-8-7-9-11-16)20(25)28-15-19-17-13-24(14-18(17)19)21(26)29-22(2,3)4/h5-11,17-19,27H,12-15H2,1-4H3. The van der Waals surface area contributed by atoms with Crippen LogP contribution in [-0.2, 0) is 19.9 Å². The van der Waals surface area contributed by atoms with Crippen LogP contribution in [0.4, 0.5) is 4.79 Å². The first-order chi connectivity index (χ1) is 13.7. The molecule has 3 unspecified atom stereocenters. The molecule has 6 heteroatoms. The van der Waals surface area contributed by atoms with E-state index in [1.807, 2.05) is 33.8 Å². The number of allylic oxidation sites excluding steroid dienone is 1. The first kappa shape index (κ1) is 21.4. The Bertz CT molecular complexity index is 757. The number of aliphatic hydroxyl groups is 1. The van der Waals surface area contributed by atoms with Crippen molar-refractivity contribution in [3.63, 3.8) is 0 Å². The van der Waals surface area contributed by atoms with Gasteiger partial charge in [-0.2, -0.15) is 0 Å². The molecule has 2 fully saturated rings. The van der Waals surface area contributed by atoms with E-state index in [0.717, 1.165) is 0 Å². The third-order valence-corrected chi connectivity index (χ3v) is 5.67. The van der Waals surface area contributed by atoms with Crippen molar-refractivity contribution < 1.29 is 24.2 Å². The average Bonchev–Trinajstić information content (AvgIpc) is 3.11. The first-order valence-corrected chi connectivity index (χ1v) is 10.2. The molecule has 3 atom stereocenters. The second-order valence-corrected chi connectivity index (χ2v) is 8.97. The molecule has 1 amide bonds. The minimum absolute atomic E-state index is 0.163. The Morgan fingerprint density at radius 1 is 1.17 bits per heavy atom. The molecule has 1 saturated carbocycles. The third kappa shape index (κ3) is 4.81. The highest BCUT2D eigenvalue weighted by atomic mass is 16.6. The topological polar surface area (TPSA) is 76.1 Å². The van der Waals surface area contributed by atoms with E-state index in [-0.39, 0.29) is 25.0 Å². The predicted molar refractivity (Wildman–Crippen MR) is 109 cm³/mol. The summed E-state index contributed by atoms with van der Waals surface area (Å²) in [6, 6.07) is 8.89. The van der Waals surface area contributed by atoms with Gasteiger partial charge in [0.25, 0.3) is 0 Å². The fraction of sp³-hybridized carbons (Fsp3) is 0.565. The van der Waals surface area contributed by atoms with Crippen molar-refractivity contribution in [2.24, 2.45) is 17.8 Å². The first-order valence-electron chi connectivity index (χ1n) is 10.2. The van der Waals surface area contributed by atoms with E-state index in [9.17, 15) is 14.7 Å². The molecule has 2 aliphatic rings. The Labute approximate surface area is 172 Å². The van der Waals surface area contributed by atoms with Crippen LogP contribution < -0.4 is 0 Å². The van der Waals surface area contributed by atoms with Crippen LogP contribution in [0.3, 0.4) is 0 Å². The number of esters is 1. The van der Waals surface area contributed by atoms with Crippen LogP contribution in [0, 0.1) is 17.8 Å². The van der Waals surface area contributed by atoms with Crippen LogP contribution in [-0.4, -0.2) is 47.4 Å². The molecule has 1 aliphatic carbocycles. The monoisotopic (exact) mass is 401 g/mol. The number of carbonyl (C=O) groups excluding carboxylic acids is 2. The minimum Gasteiger partial charge on any atom is -0.463 e. The number of hydrogen-bond donors (Lipinski definition) is 1. The highest BCUT2D eigenvalue weighted by Crippen LogP contribution is 2.52. The number of rotatable bonds is 6. The molecule has 29 heavy (non-hydrogen) atoms. The number of fused-ring (bicyclic) bond motifs is 1. The Morgan fingerprint density at radius 2 is 1.79 bits per heavy atom. The summed E-state index contributed by atoms with van der Waals surface area (Å²) in [5, 5.41) is 11.0. The molecule has 0 radical (unpaired) electrons. The highest BCUT2D eigenvalue weighted by Gasteiger charge is 2.57. The maximum absolute atomic E-state index is 12.8. The number of likely N-dealkylation sites (tertiary alicyclic amines) is 1. The maximum atomic E-state index is 12.8. The van der Waals surface area contributed by atoms with Gasteiger partial charge in [-0.25, -0.2) is 9.59 Å². The Kier molecular flexibility index (Phi) is 6.03. The number of hydrogen-bond acceptors (Lipinski definition) is 5. The summed E-state index contributed by atoms with van der Waals surface area (Å²) < 4.78 is 11.0. The third-order valence-electron chi connectivity index (χ3n) is 5.67. The van der Waals surface area contributed by atoms with Crippen molar-refractivity contribution in [3.05, 3.63) is 48.0 Å².